The second kappa shape index (κ2) is 14.9. The van der Waals surface area contributed by atoms with Crippen molar-refractivity contribution in [1.82, 2.24) is 0 Å². The molecule has 3 N–H and O–H groups in total. The number of aryl methyl sites for hydroxylation is 1. The van der Waals surface area contributed by atoms with Gasteiger partial charge in [0, 0.05) is 37.5 Å². The van der Waals surface area contributed by atoms with E-state index in [0.29, 0.717) is 18.0 Å². The first-order valence-electron chi connectivity index (χ1n) is 17.8. The highest BCUT2D eigenvalue weighted by Gasteiger charge is 2.54. The SMILES string of the molecule is CC1C(=O)C(C)C2CCC(CCC[N+]3(C)C4CCC3CC(OC(=O)C(CO)c3ccccc3)C4)C2C1=O.Cc1ccc(C([O-])(O)O)cc1. The molecule has 0 spiro atoms. The summed E-state index contributed by atoms with van der Waals surface area (Å²) < 4.78 is 7.04. The van der Waals surface area contributed by atoms with Crippen LogP contribution in [0.1, 0.15) is 87.8 Å². The molecule has 2 aromatic carbocycles. The number of aliphatic hydroxyl groups excluding tert-OH is 1. The summed E-state index contributed by atoms with van der Waals surface area (Å²) in [5.74, 6) is -3.19. The second-order valence-corrected chi connectivity index (χ2v) is 15.1. The van der Waals surface area contributed by atoms with E-state index >= 15 is 0 Å². The van der Waals surface area contributed by atoms with Gasteiger partial charge in [-0.15, -0.1) is 0 Å². The quantitative estimate of drug-likeness (QED) is 0.159. The highest BCUT2D eigenvalue weighted by molar-refractivity contribution is 6.06. The molecule has 262 valence electrons. The first-order valence-corrected chi connectivity index (χ1v) is 17.8. The summed E-state index contributed by atoms with van der Waals surface area (Å²) in [7, 11) is 2.38. The highest BCUT2D eigenvalue weighted by Crippen LogP contribution is 2.49. The van der Waals surface area contributed by atoms with Gasteiger partial charge in [-0.1, -0.05) is 67.1 Å². The van der Waals surface area contributed by atoms with Crippen LogP contribution in [-0.4, -0.2) is 75.7 Å². The maximum absolute atomic E-state index is 13.0. The van der Waals surface area contributed by atoms with E-state index in [2.05, 4.69) is 7.05 Å². The van der Waals surface area contributed by atoms with Gasteiger partial charge in [0.05, 0.1) is 38.2 Å². The molecule has 4 fully saturated rings. The number of ether oxygens (including phenoxy) is 1. The summed E-state index contributed by atoms with van der Waals surface area (Å²) in [5, 5.41) is 37.5. The Labute approximate surface area is 284 Å². The fourth-order valence-corrected chi connectivity index (χ4v) is 9.34. The summed E-state index contributed by atoms with van der Waals surface area (Å²) in [6, 6.07) is 16.5. The number of quaternary nitrogens is 1. The minimum Gasteiger partial charge on any atom is -0.803 e. The number of piperidine rings is 1. The molecule has 2 saturated heterocycles. The van der Waals surface area contributed by atoms with Crippen molar-refractivity contribution in [1.29, 1.82) is 0 Å². The number of ketones is 2. The van der Waals surface area contributed by atoms with Crippen molar-refractivity contribution in [3.63, 3.8) is 0 Å². The maximum atomic E-state index is 13.0. The fourth-order valence-electron chi connectivity index (χ4n) is 9.34. The Kier molecular flexibility index (Phi) is 11.3. The molecule has 2 saturated carbocycles. The number of aliphatic hydroxyl groups is 3. The Bertz CT molecular complexity index is 1410. The fraction of sp³-hybridized carbons (Fsp3) is 0.615. The molecule has 9 heteroatoms. The van der Waals surface area contributed by atoms with Gasteiger partial charge in [0.15, 0.2) is 0 Å². The summed E-state index contributed by atoms with van der Waals surface area (Å²) >= 11 is 0. The molecule has 2 aliphatic heterocycles. The van der Waals surface area contributed by atoms with Gasteiger partial charge >= 0.3 is 5.97 Å². The van der Waals surface area contributed by atoms with E-state index in [1.165, 1.54) is 25.0 Å². The Morgan fingerprint density at radius 3 is 2.17 bits per heavy atom. The molecule has 8 atom stereocenters. The first-order chi connectivity index (χ1) is 22.7. The van der Waals surface area contributed by atoms with Gasteiger partial charge in [0.1, 0.15) is 29.6 Å². The Morgan fingerprint density at radius 1 is 0.958 bits per heavy atom. The third-order valence-corrected chi connectivity index (χ3v) is 12.3. The molecule has 0 radical (unpaired) electrons. The van der Waals surface area contributed by atoms with Crippen LogP contribution in [0.5, 0.6) is 0 Å². The van der Waals surface area contributed by atoms with Crippen molar-refractivity contribution >= 4 is 17.5 Å². The van der Waals surface area contributed by atoms with Gasteiger partial charge in [0.25, 0.3) is 0 Å². The lowest BCUT2D eigenvalue weighted by molar-refractivity contribution is -0.949. The van der Waals surface area contributed by atoms with Gasteiger partial charge in [-0.3, -0.25) is 14.4 Å². The third kappa shape index (κ3) is 7.60. The molecule has 2 aliphatic carbocycles. The summed E-state index contributed by atoms with van der Waals surface area (Å²) in [6.07, 6.45) is 8.29. The normalized spacial score (nSPS) is 33.4. The molecular weight excluding hydrogens is 610 g/mol. The summed E-state index contributed by atoms with van der Waals surface area (Å²) in [4.78, 5) is 38.4. The predicted octanol–water partition coefficient (Wildman–Crippen LogP) is 3.74. The molecule has 8 unspecified atom stereocenters. The molecule has 2 heterocycles. The number of carbonyl (C=O) groups is 3. The lowest BCUT2D eigenvalue weighted by Crippen LogP contribution is -2.59. The molecule has 4 aliphatic rings. The van der Waals surface area contributed by atoms with Crippen LogP contribution in [0.3, 0.4) is 0 Å². The average Bonchev–Trinajstić information content (AvgIpc) is 3.52. The van der Waals surface area contributed by atoms with Crippen LogP contribution >= 0.6 is 0 Å². The number of Topliss-reactive ketones (excluding diaryl/α,β-unsaturated/α-hetero) is 2. The number of nitrogens with zero attached hydrogens (tertiary/aromatic N) is 1. The smallest absolute Gasteiger partial charge is 0.316 e. The molecule has 6 rings (SSSR count). The first kappa shape index (κ1) is 36.3. The topological polar surface area (TPSA) is 144 Å². The van der Waals surface area contributed by atoms with Crippen LogP contribution in [0.15, 0.2) is 54.6 Å². The zero-order valence-electron chi connectivity index (χ0n) is 28.8. The molecule has 0 aromatic heterocycles. The zero-order chi connectivity index (χ0) is 34.8. The number of hydrogen-bond donors (Lipinski definition) is 3. The summed E-state index contributed by atoms with van der Waals surface area (Å²) in [5.41, 5.74) is 1.73. The van der Waals surface area contributed by atoms with E-state index in [4.69, 9.17) is 14.9 Å². The Morgan fingerprint density at radius 2 is 1.58 bits per heavy atom. The van der Waals surface area contributed by atoms with Gasteiger partial charge < -0.3 is 29.6 Å². The number of hydrogen-bond acceptors (Lipinski definition) is 8. The van der Waals surface area contributed by atoms with Crippen LogP contribution in [0, 0.1) is 36.5 Å². The van der Waals surface area contributed by atoms with Crippen molar-refractivity contribution in [3.8, 4) is 0 Å². The van der Waals surface area contributed by atoms with Crippen LogP contribution in [0.25, 0.3) is 0 Å². The molecule has 48 heavy (non-hydrogen) atoms. The van der Waals surface area contributed by atoms with Gasteiger partial charge in [0.2, 0.25) is 0 Å². The maximum Gasteiger partial charge on any atom is 0.316 e. The predicted molar refractivity (Wildman–Crippen MR) is 178 cm³/mol. The lowest BCUT2D eigenvalue weighted by atomic mass is 9.66. The second-order valence-electron chi connectivity index (χ2n) is 15.1. The van der Waals surface area contributed by atoms with Gasteiger partial charge in [-0.25, -0.2) is 0 Å². The number of esters is 1. The number of carbonyl (C=O) groups excluding carboxylic acids is 3. The van der Waals surface area contributed by atoms with Crippen LogP contribution in [0.2, 0.25) is 0 Å². The highest BCUT2D eigenvalue weighted by atomic mass is 16.7. The molecule has 2 bridgehead atoms. The minimum atomic E-state index is -2.96. The zero-order valence-corrected chi connectivity index (χ0v) is 28.8. The monoisotopic (exact) mass is 663 g/mol. The molecule has 0 amide bonds. The van der Waals surface area contributed by atoms with E-state index in [-0.39, 0.29) is 53.6 Å². The molecule has 9 nitrogen and oxygen atoms in total. The van der Waals surface area contributed by atoms with Crippen molar-refractivity contribution in [3.05, 3.63) is 71.3 Å². The molecular formula is C39H53NO8. The number of fused-ring (bicyclic) bond motifs is 3. The third-order valence-electron chi connectivity index (χ3n) is 12.3. The Balaban J connectivity index is 0.000000349. The van der Waals surface area contributed by atoms with E-state index in [0.717, 1.165) is 60.7 Å². The van der Waals surface area contributed by atoms with E-state index in [9.17, 15) is 24.6 Å². The van der Waals surface area contributed by atoms with Crippen molar-refractivity contribution in [2.24, 2.45) is 29.6 Å². The average molecular weight is 664 g/mol. The van der Waals surface area contributed by atoms with Crippen LogP contribution in [-0.2, 0) is 25.1 Å². The summed E-state index contributed by atoms with van der Waals surface area (Å²) in [6.45, 7) is 6.56. The Hall–Kier alpha value is -2.95. The standard InChI is InChI=1S/C31H44NO5.C8H9O3/c1-19-26-14-11-22(28(26)30(35)20(2)29(19)34)10-7-15-32(3)23-12-13-24(32)17-25(16-23)37-31(36)27(18-33)21-8-5-4-6-9-21;1-6-2-4-7(5-3-6)8(9,10)11/h4-6,8-9,19-20,22-28,33H,7,10-18H2,1-3H3;2-5,9-10H,1H3/q+1;-1. The van der Waals surface area contributed by atoms with Crippen molar-refractivity contribution < 1.29 is 44.0 Å². The van der Waals surface area contributed by atoms with Crippen LogP contribution < -0.4 is 5.11 Å². The number of rotatable bonds is 9. The van der Waals surface area contributed by atoms with Gasteiger partial charge in [-0.2, -0.15) is 0 Å². The largest absolute Gasteiger partial charge is 0.803 e. The van der Waals surface area contributed by atoms with Crippen LogP contribution in [0.4, 0.5) is 0 Å². The van der Waals surface area contributed by atoms with Crippen molar-refractivity contribution in [2.45, 2.75) is 102 Å². The number of benzene rings is 2. The van der Waals surface area contributed by atoms with E-state index < -0.39 is 17.8 Å². The van der Waals surface area contributed by atoms with Gasteiger partial charge in [-0.05, 0) is 62.5 Å². The van der Waals surface area contributed by atoms with E-state index in [1.807, 2.05) is 51.1 Å². The van der Waals surface area contributed by atoms with Crippen molar-refractivity contribution in [2.75, 3.05) is 20.2 Å². The minimum absolute atomic E-state index is 0.0251. The lowest BCUT2D eigenvalue weighted by Gasteiger charge is -2.47. The molecule has 2 aromatic rings. The van der Waals surface area contributed by atoms with E-state index in [1.54, 1.807) is 12.1 Å².